The van der Waals surface area contributed by atoms with Gasteiger partial charge in [0.25, 0.3) is 0 Å². The number of nitrogens with zero attached hydrogens (tertiary/aromatic N) is 1. The second-order valence-corrected chi connectivity index (χ2v) is 4.04. The molecule has 0 spiro atoms. The maximum Gasteiger partial charge on any atom is 0.124 e. The summed E-state index contributed by atoms with van der Waals surface area (Å²) in [7, 11) is 0. The van der Waals surface area contributed by atoms with Crippen LogP contribution in [-0.4, -0.2) is 6.61 Å². The topological polar surface area (TPSA) is 33.0 Å². The van der Waals surface area contributed by atoms with Crippen LogP contribution in [0.15, 0.2) is 18.2 Å². The Hall–Kier alpha value is -1.56. The Bertz CT molecular complexity index is 424. The molecule has 0 bridgehead atoms. The first-order chi connectivity index (χ1) is 7.15. The van der Waals surface area contributed by atoms with Crippen LogP contribution in [0.3, 0.4) is 0 Å². The fourth-order valence-corrected chi connectivity index (χ4v) is 1.92. The smallest absolute Gasteiger partial charge is 0.124 e. The standard InChI is InChI=1S/C12H12FNO/c1-12(8-14)5-2-6-15-11-4-3-9(13)7-10(11)12/h3-4,7H,2,5-6H2,1H3. The maximum atomic E-state index is 13.1. The minimum Gasteiger partial charge on any atom is -0.493 e. The molecule has 0 N–H and O–H groups in total. The van der Waals surface area contributed by atoms with E-state index in [1.807, 2.05) is 6.92 Å². The quantitative estimate of drug-likeness (QED) is 0.652. The van der Waals surface area contributed by atoms with Crippen LogP contribution in [0.4, 0.5) is 4.39 Å². The molecule has 1 aromatic carbocycles. The van der Waals surface area contributed by atoms with Crippen LogP contribution in [-0.2, 0) is 5.41 Å². The van der Waals surface area contributed by atoms with Crippen LogP contribution in [0.2, 0.25) is 0 Å². The van der Waals surface area contributed by atoms with Gasteiger partial charge in [-0.15, -0.1) is 0 Å². The monoisotopic (exact) mass is 205 g/mol. The highest BCUT2D eigenvalue weighted by atomic mass is 19.1. The van der Waals surface area contributed by atoms with E-state index in [1.165, 1.54) is 12.1 Å². The first-order valence-electron chi connectivity index (χ1n) is 5.00. The summed E-state index contributed by atoms with van der Waals surface area (Å²) in [6.07, 6.45) is 1.53. The normalized spacial score (nSPS) is 24.6. The number of nitriles is 1. The second kappa shape index (κ2) is 3.54. The van der Waals surface area contributed by atoms with Gasteiger partial charge in [-0.05, 0) is 38.0 Å². The van der Waals surface area contributed by atoms with E-state index in [9.17, 15) is 9.65 Å². The molecule has 1 aromatic rings. The van der Waals surface area contributed by atoms with E-state index in [2.05, 4.69) is 6.07 Å². The fraction of sp³-hybridized carbons (Fsp3) is 0.417. The third-order valence-electron chi connectivity index (χ3n) is 2.86. The van der Waals surface area contributed by atoms with E-state index in [1.54, 1.807) is 6.07 Å². The molecular formula is C12H12FNO. The molecule has 0 saturated heterocycles. The Morgan fingerprint density at radius 2 is 2.33 bits per heavy atom. The number of benzene rings is 1. The Balaban J connectivity index is 2.58. The van der Waals surface area contributed by atoms with Crippen molar-refractivity contribution < 1.29 is 9.13 Å². The summed E-state index contributed by atoms with van der Waals surface area (Å²) < 4.78 is 18.6. The Morgan fingerprint density at radius 1 is 1.53 bits per heavy atom. The van der Waals surface area contributed by atoms with E-state index in [4.69, 9.17) is 4.74 Å². The predicted molar refractivity (Wildman–Crippen MR) is 54.1 cm³/mol. The molecule has 1 unspecified atom stereocenters. The molecule has 1 aliphatic heterocycles. The van der Waals surface area contributed by atoms with Gasteiger partial charge in [0.15, 0.2) is 0 Å². The van der Waals surface area contributed by atoms with Gasteiger partial charge < -0.3 is 4.74 Å². The zero-order valence-electron chi connectivity index (χ0n) is 8.59. The molecule has 0 fully saturated rings. The highest BCUT2D eigenvalue weighted by molar-refractivity contribution is 5.44. The first-order valence-corrected chi connectivity index (χ1v) is 5.00. The van der Waals surface area contributed by atoms with Crippen molar-refractivity contribution in [3.8, 4) is 11.8 Å². The lowest BCUT2D eigenvalue weighted by molar-refractivity contribution is 0.315. The Morgan fingerprint density at radius 3 is 3.07 bits per heavy atom. The van der Waals surface area contributed by atoms with E-state index in [-0.39, 0.29) is 5.82 Å². The lowest BCUT2D eigenvalue weighted by Gasteiger charge is -2.20. The molecule has 3 heteroatoms. The highest BCUT2D eigenvalue weighted by Gasteiger charge is 2.31. The van der Waals surface area contributed by atoms with Gasteiger partial charge in [-0.3, -0.25) is 0 Å². The number of fused-ring (bicyclic) bond motifs is 1. The number of ether oxygens (including phenoxy) is 1. The molecule has 1 atom stereocenters. The highest BCUT2D eigenvalue weighted by Crippen LogP contribution is 2.37. The largest absolute Gasteiger partial charge is 0.493 e. The van der Waals surface area contributed by atoms with Gasteiger partial charge in [-0.1, -0.05) is 0 Å². The van der Waals surface area contributed by atoms with Crippen LogP contribution < -0.4 is 4.74 Å². The molecule has 1 aliphatic rings. The van der Waals surface area contributed by atoms with Crippen molar-refractivity contribution in [3.05, 3.63) is 29.6 Å². The van der Waals surface area contributed by atoms with Crippen molar-refractivity contribution in [3.63, 3.8) is 0 Å². The molecule has 0 amide bonds. The summed E-state index contributed by atoms with van der Waals surface area (Å²) in [4.78, 5) is 0. The third kappa shape index (κ3) is 1.68. The summed E-state index contributed by atoms with van der Waals surface area (Å²) in [6, 6.07) is 6.63. The lowest BCUT2D eigenvalue weighted by atomic mass is 9.80. The van der Waals surface area contributed by atoms with Gasteiger partial charge in [0.2, 0.25) is 0 Å². The average Bonchev–Trinajstić information content (AvgIpc) is 2.40. The van der Waals surface area contributed by atoms with Crippen molar-refractivity contribution in [2.45, 2.75) is 25.2 Å². The van der Waals surface area contributed by atoms with Crippen LogP contribution in [0, 0.1) is 17.1 Å². The molecule has 2 rings (SSSR count). The fourth-order valence-electron chi connectivity index (χ4n) is 1.92. The van der Waals surface area contributed by atoms with Gasteiger partial charge in [-0.25, -0.2) is 4.39 Å². The summed E-state index contributed by atoms with van der Waals surface area (Å²) in [5.41, 5.74) is 0.0380. The molecule has 15 heavy (non-hydrogen) atoms. The van der Waals surface area contributed by atoms with Crippen LogP contribution >= 0.6 is 0 Å². The van der Waals surface area contributed by atoms with Crippen LogP contribution in [0.1, 0.15) is 25.3 Å². The molecular weight excluding hydrogens is 193 g/mol. The molecule has 1 heterocycles. The summed E-state index contributed by atoms with van der Waals surface area (Å²) >= 11 is 0. The molecule has 0 saturated carbocycles. The van der Waals surface area contributed by atoms with E-state index in [0.717, 1.165) is 6.42 Å². The van der Waals surface area contributed by atoms with Gasteiger partial charge in [0, 0.05) is 5.56 Å². The zero-order chi connectivity index (χ0) is 10.9. The average molecular weight is 205 g/mol. The minimum absolute atomic E-state index is 0.319. The van der Waals surface area contributed by atoms with Crippen molar-refractivity contribution in [1.29, 1.82) is 5.26 Å². The first kappa shape index (κ1) is 9.97. The van der Waals surface area contributed by atoms with Crippen molar-refractivity contribution >= 4 is 0 Å². The Kier molecular flexibility index (Phi) is 2.36. The summed E-state index contributed by atoms with van der Waals surface area (Å²) in [5.74, 6) is 0.318. The predicted octanol–water partition coefficient (Wildman–Crippen LogP) is 2.78. The Labute approximate surface area is 88.3 Å². The molecule has 78 valence electrons. The zero-order valence-corrected chi connectivity index (χ0v) is 8.59. The second-order valence-electron chi connectivity index (χ2n) is 4.04. The number of halogens is 1. The molecule has 0 aliphatic carbocycles. The van der Waals surface area contributed by atoms with Crippen molar-refractivity contribution in [1.82, 2.24) is 0 Å². The van der Waals surface area contributed by atoms with Crippen molar-refractivity contribution in [2.24, 2.45) is 0 Å². The number of hydrogen-bond donors (Lipinski definition) is 0. The van der Waals surface area contributed by atoms with Gasteiger partial charge in [0.1, 0.15) is 11.6 Å². The van der Waals surface area contributed by atoms with E-state index in [0.29, 0.717) is 24.3 Å². The number of rotatable bonds is 0. The van der Waals surface area contributed by atoms with E-state index >= 15 is 0 Å². The van der Waals surface area contributed by atoms with Gasteiger partial charge in [-0.2, -0.15) is 5.26 Å². The molecule has 0 radical (unpaired) electrons. The van der Waals surface area contributed by atoms with Gasteiger partial charge >= 0.3 is 0 Å². The summed E-state index contributed by atoms with van der Waals surface area (Å²) in [5, 5.41) is 9.18. The molecule has 0 aromatic heterocycles. The van der Waals surface area contributed by atoms with E-state index < -0.39 is 5.41 Å². The third-order valence-corrected chi connectivity index (χ3v) is 2.86. The van der Waals surface area contributed by atoms with Crippen LogP contribution in [0.25, 0.3) is 0 Å². The SMILES string of the molecule is CC1(C#N)CCCOc2ccc(F)cc21. The van der Waals surface area contributed by atoms with Crippen LogP contribution in [0.5, 0.6) is 5.75 Å². The molecule has 2 nitrogen and oxygen atoms in total. The number of hydrogen-bond acceptors (Lipinski definition) is 2. The van der Waals surface area contributed by atoms with Crippen molar-refractivity contribution in [2.75, 3.05) is 6.61 Å². The maximum absolute atomic E-state index is 13.1. The lowest BCUT2D eigenvalue weighted by Crippen LogP contribution is -2.18. The summed E-state index contributed by atoms with van der Waals surface area (Å²) in [6.45, 7) is 2.43. The minimum atomic E-state index is -0.631. The van der Waals surface area contributed by atoms with Gasteiger partial charge in [0.05, 0.1) is 18.1 Å².